The monoisotopic (exact) mass is 255 g/mol. The van der Waals surface area contributed by atoms with Gasteiger partial charge in [-0.3, -0.25) is 9.59 Å². The highest BCUT2D eigenvalue weighted by Crippen LogP contribution is 2.00. The van der Waals surface area contributed by atoms with Gasteiger partial charge in [-0.15, -0.1) is 0 Å². The molecular formula is C10H10FN3O4. The van der Waals surface area contributed by atoms with Crippen molar-refractivity contribution in [3.8, 4) is 0 Å². The molecule has 1 rings (SSSR count). The minimum absolute atomic E-state index is 0.286. The van der Waals surface area contributed by atoms with Gasteiger partial charge in [-0.05, 0) is 12.1 Å². The molecule has 0 aliphatic heterocycles. The van der Waals surface area contributed by atoms with Crippen LogP contribution in [0.1, 0.15) is 16.9 Å². The van der Waals surface area contributed by atoms with Gasteiger partial charge in [-0.25, -0.2) is 9.78 Å². The first-order valence-corrected chi connectivity index (χ1v) is 4.84. The predicted octanol–water partition coefficient (Wildman–Crippen LogP) is -0.721. The Kier molecular flexibility index (Phi) is 4.30. The first-order chi connectivity index (χ1) is 8.40. The van der Waals surface area contributed by atoms with Crippen LogP contribution in [-0.2, 0) is 9.59 Å². The summed E-state index contributed by atoms with van der Waals surface area (Å²) in [7, 11) is 0. The predicted molar refractivity (Wildman–Crippen MR) is 56.9 cm³/mol. The second kappa shape index (κ2) is 5.71. The summed E-state index contributed by atoms with van der Waals surface area (Å²) >= 11 is 0. The van der Waals surface area contributed by atoms with Gasteiger partial charge < -0.3 is 16.2 Å². The van der Waals surface area contributed by atoms with E-state index in [9.17, 15) is 18.8 Å². The van der Waals surface area contributed by atoms with Crippen molar-refractivity contribution in [1.82, 2.24) is 10.3 Å². The van der Waals surface area contributed by atoms with Crippen molar-refractivity contribution < 1.29 is 23.9 Å². The van der Waals surface area contributed by atoms with Gasteiger partial charge >= 0.3 is 5.97 Å². The number of primary amides is 1. The highest BCUT2D eigenvalue weighted by atomic mass is 19.1. The van der Waals surface area contributed by atoms with Crippen molar-refractivity contribution in [3.63, 3.8) is 0 Å². The molecule has 0 bridgehead atoms. The maximum absolute atomic E-state index is 12.8. The maximum atomic E-state index is 12.8. The number of carbonyl (C=O) groups excluding carboxylic acids is 2. The molecule has 0 saturated heterocycles. The number of aliphatic carboxylic acids is 1. The Hall–Kier alpha value is -2.51. The fraction of sp³-hybridized carbons (Fsp3) is 0.200. The van der Waals surface area contributed by atoms with Crippen LogP contribution >= 0.6 is 0 Å². The van der Waals surface area contributed by atoms with E-state index >= 15 is 0 Å². The normalized spacial score (nSPS) is 11.6. The average molecular weight is 255 g/mol. The summed E-state index contributed by atoms with van der Waals surface area (Å²) in [5, 5.41) is 10.8. The van der Waals surface area contributed by atoms with Crippen molar-refractivity contribution >= 4 is 17.8 Å². The Labute approximate surface area is 101 Å². The molecule has 18 heavy (non-hydrogen) atoms. The van der Waals surface area contributed by atoms with Crippen LogP contribution in [0.4, 0.5) is 4.39 Å². The zero-order chi connectivity index (χ0) is 13.7. The molecule has 7 nitrogen and oxygen atoms in total. The van der Waals surface area contributed by atoms with Gasteiger partial charge in [0.05, 0.1) is 6.42 Å². The van der Waals surface area contributed by atoms with Crippen LogP contribution in [0.25, 0.3) is 0 Å². The molecule has 4 N–H and O–H groups in total. The Morgan fingerprint density at radius 3 is 2.61 bits per heavy atom. The van der Waals surface area contributed by atoms with E-state index in [1.165, 1.54) is 12.1 Å². The number of carboxylic acids is 1. The van der Waals surface area contributed by atoms with Gasteiger partial charge in [0.1, 0.15) is 11.7 Å². The lowest BCUT2D eigenvalue weighted by Crippen LogP contribution is -2.43. The quantitative estimate of drug-likeness (QED) is 0.599. The third-order valence-electron chi connectivity index (χ3n) is 1.96. The second-order valence-corrected chi connectivity index (χ2v) is 3.38. The number of halogens is 1. The third kappa shape index (κ3) is 3.81. The number of rotatable bonds is 5. The van der Waals surface area contributed by atoms with Crippen LogP contribution in [-0.4, -0.2) is 33.9 Å². The van der Waals surface area contributed by atoms with E-state index in [0.29, 0.717) is 0 Å². The largest absolute Gasteiger partial charge is 0.480 e. The van der Waals surface area contributed by atoms with Crippen molar-refractivity contribution in [2.24, 2.45) is 5.73 Å². The highest BCUT2D eigenvalue weighted by molar-refractivity contribution is 5.96. The Bertz CT molecular complexity index is 492. The summed E-state index contributed by atoms with van der Waals surface area (Å²) in [6.07, 6.45) is -0.559. The number of carbonyl (C=O) groups is 3. The number of carboxylic acid groups (broad SMARTS) is 1. The number of nitrogens with zero attached hydrogens (tertiary/aromatic N) is 1. The van der Waals surface area contributed by atoms with E-state index in [1.807, 2.05) is 5.32 Å². The van der Waals surface area contributed by atoms with E-state index in [-0.39, 0.29) is 5.69 Å². The Balaban J connectivity index is 2.78. The minimum atomic E-state index is -1.47. The molecule has 0 saturated carbocycles. The second-order valence-electron chi connectivity index (χ2n) is 3.38. The number of aromatic nitrogens is 1. The lowest BCUT2D eigenvalue weighted by Gasteiger charge is -2.12. The molecule has 96 valence electrons. The van der Waals surface area contributed by atoms with Gasteiger partial charge in [0, 0.05) is 0 Å². The Morgan fingerprint density at radius 2 is 2.11 bits per heavy atom. The van der Waals surface area contributed by atoms with Crippen molar-refractivity contribution in [1.29, 1.82) is 0 Å². The summed E-state index contributed by atoms with van der Waals surface area (Å²) in [6, 6.07) is 2.03. The SMILES string of the molecule is NC(=O)C[C@@H](NC(=O)c1cccc(F)n1)C(=O)O. The van der Waals surface area contributed by atoms with Crippen LogP contribution in [0.3, 0.4) is 0 Å². The molecule has 0 unspecified atom stereocenters. The van der Waals surface area contributed by atoms with Crippen molar-refractivity contribution in [3.05, 3.63) is 29.8 Å². The Morgan fingerprint density at radius 1 is 1.44 bits per heavy atom. The van der Waals surface area contributed by atoms with Gasteiger partial charge in [0.2, 0.25) is 11.9 Å². The molecule has 8 heteroatoms. The van der Waals surface area contributed by atoms with Gasteiger partial charge in [0.25, 0.3) is 5.91 Å². The zero-order valence-corrected chi connectivity index (χ0v) is 9.09. The zero-order valence-electron chi connectivity index (χ0n) is 9.09. The highest BCUT2D eigenvalue weighted by Gasteiger charge is 2.23. The fourth-order valence-electron chi connectivity index (χ4n) is 1.17. The summed E-state index contributed by atoms with van der Waals surface area (Å²) in [6.45, 7) is 0. The van der Waals surface area contributed by atoms with Crippen LogP contribution in [0.15, 0.2) is 18.2 Å². The summed E-state index contributed by atoms with van der Waals surface area (Å²) in [5.41, 5.74) is 4.55. The third-order valence-corrected chi connectivity index (χ3v) is 1.96. The van der Waals surface area contributed by atoms with Crippen LogP contribution in [0, 0.1) is 5.95 Å². The lowest BCUT2D eigenvalue weighted by molar-refractivity contribution is -0.140. The number of nitrogens with two attached hydrogens (primary N) is 1. The lowest BCUT2D eigenvalue weighted by atomic mass is 10.2. The van der Waals surface area contributed by atoms with Crippen LogP contribution in [0.2, 0.25) is 0 Å². The van der Waals surface area contributed by atoms with Gasteiger partial charge in [0.15, 0.2) is 0 Å². The van der Waals surface area contributed by atoms with E-state index in [1.54, 1.807) is 0 Å². The molecule has 0 aliphatic carbocycles. The first-order valence-electron chi connectivity index (χ1n) is 4.84. The molecule has 0 radical (unpaired) electrons. The molecule has 2 amide bonds. The van der Waals surface area contributed by atoms with Crippen LogP contribution < -0.4 is 11.1 Å². The molecule has 0 aromatic carbocycles. The van der Waals surface area contributed by atoms with E-state index in [0.717, 1.165) is 6.07 Å². The molecule has 1 aromatic heterocycles. The summed E-state index contributed by atoms with van der Waals surface area (Å²) in [4.78, 5) is 36.2. The molecule has 0 spiro atoms. The molecule has 1 heterocycles. The fourth-order valence-corrected chi connectivity index (χ4v) is 1.17. The van der Waals surface area contributed by atoms with Crippen molar-refractivity contribution in [2.45, 2.75) is 12.5 Å². The first kappa shape index (κ1) is 13.6. The smallest absolute Gasteiger partial charge is 0.326 e. The maximum Gasteiger partial charge on any atom is 0.326 e. The number of pyridine rings is 1. The van der Waals surface area contributed by atoms with E-state index < -0.39 is 36.2 Å². The van der Waals surface area contributed by atoms with Gasteiger partial charge in [-0.2, -0.15) is 4.39 Å². The number of hydrogen-bond acceptors (Lipinski definition) is 4. The summed E-state index contributed by atoms with van der Waals surface area (Å²) < 4.78 is 12.8. The van der Waals surface area contributed by atoms with E-state index in [2.05, 4.69) is 4.98 Å². The van der Waals surface area contributed by atoms with Crippen molar-refractivity contribution in [2.75, 3.05) is 0 Å². The average Bonchev–Trinajstić information content (AvgIpc) is 2.27. The topological polar surface area (TPSA) is 122 Å². The number of hydrogen-bond donors (Lipinski definition) is 3. The molecule has 0 aliphatic rings. The standard InChI is InChI=1S/C10H10FN3O4/c11-7-3-1-2-5(13-7)9(16)14-6(10(17)18)4-8(12)15/h1-3,6H,4H2,(H2,12,15)(H,14,16)(H,17,18)/t6-/m1/s1. The molecular weight excluding hydrogens is 245 g/mol. The molecule has 1 aromatic rings. The van der Waals surface area contributed by atoms with Gasteiger partial charge in [-0.1, -0.05) is 6.07 Å². The molecule has 1 atom stereocenters. The number of amides is 2. The number of nitrogens with one attached hydrogen (secondary N) is 1. The minimum Gasteiger partial charge on any atom is -0.480 e. The van der Waals surface area contributed by atoms with E-state index in [4.69, 9.17) is 10.8 Å². The summed E-state index contributed by atoms with van der Waals surface area (Å²) in [5.74, 6) is -4.07. The van der Waals surface area contributed by atoms with Crippen LogP contribution in [0.5, 0.6) is 0 Å². The molecule has 0 fully saturated rings.